The fourth-order valence-electron chi connectivity index (χ4n) is 2.35. The highest BCUT2D eigenvalue weighted by Crippen LogP contribution is 2.23. The molecule has 8 nitrogen and oxygen atoms in total. The van der Waals surface area contributed by atoms with E-state index in [1.54, 1.807) is 35.7 Å². The fraction of sp³-hybridized carbons (Fsp3) is 0.158. The summed E-state index contributed by atoms with van der Waals surface area (Å²) in [5.41, 5.74) is 0.663. The molecule has 142 valence electrons. The lowest BCUT2D eigenvalue weighted by Gasteiger charge is -2.13. The molecule has 1 atom stereocenters. The minimum absolute atomic E-state index is 0.0150. The molecule has 1 aromatic heterocycles. The summed E-state index contributed by atoms with van der Waals surface area (Å²) in [6, 6.07) is 12.4. The lowest BCUT2D eigenvalue weighted by Crippen LogP contribution is -2.31. The zero-order valence-corrected chi connectivity index (χ0v) is 15.5. The van der Waals surface area contributed by atoms with Crippen LogP contribution in [0.3, 0.4) is 0 Å². The number of para-hydroxylation sites is 1. The van der Waals surface area contributed by atoms with Gasteiger partial charge in [-0.1, -0.05) is 18.2 Å². The van der Waals surface area contributed by atoms with Gasteiger partial charge in [-0.25, -0.2) is 4.79 Å². The Kier molecular flexibility index (Phi) is 5.72. The number of benzene rings is 1. The topological polar surface area (TPSA) is 118 Å². The number of nitrogens with one attached hydrogen (secondary N) is 2. The van der Waals surface area contributed by atoms with E-state index in [-0.39, 0.29) is 18.1 Å². The molecule has 1 amide bonds. The highest BCUT2D eigenvalue weighted by molar-refractivity contribution is 7.14. The standard InChI is InChI=1S/C19H15N3O5S/c1-11(16(24)22-18-12(9-20)7-8-28-18)27-19(25)15-14(23)10-26-17(15)21-13-5-3-2-4-6-13/h2-8,11,21H,10H2,1H3,(H,22,24)/t11-/m0/s1. The first-order chi connectivity index (χ1) is 13.5. The molecular weight excluding hydrogens is 382 g/mol. The van der Waals surface area contributed by atoms with E-state index in [1.807, 2.05) is 12.1 Å². The zero-order valence-electron chi connectivity index (χ0n) is 14.7. The number of Topliss-reactive ketones (excluding diaryl/α,β-unsaturated/α-hetero) is 1. The highest BCUT2D eigenvalue weighted by Gasteiger charge is 2.34. The summed E-state index contributed by atoms with van der Waals surface area (Å²) < 4.78 is 10.4. The van der Waals surface area contributed by atoms with Crippen LogP contribution in [0, 0.1) is 11.3 Å². The highest BCUT2D eigenvalue weighted by atomic mass is 32.1. The van der Waals surface area contributed by atoms with Gasteiger partial charge in [-0.2, -0.15) is 5.26 Å². The zero-order chi connectivity index (χ0) is 20.1. The molecule has 0 aliphatic carbocycles. The Bertz CT molecular complexity index is 990. The van der Waals surface area contributed by atoms with Crippen LogP contribution in [0.25, 0.3) is 0 Å². The number of carbonyl (C=O) groups is 3. The normalized spacial score (nSPS) is 14.1. The van der Waals surface area contributed by atoms with Crippen molar-refractivity contribution in [2.45, 2.75) is 13.0 Å². The maximum atomic E-state index is 12.4. The number of nitrogens with zero attached hydrogens (tertiary/aromatic N) is 1. The molecule has 2 heterocycles. The third-order valence-electron chi connectivity index (χ3n) is 3.76. The first-order valence-electron chi connectivity index (χ1n) is 8.21. The summed E-state index contributed by atoms with van der Waals surface area (Å²) in [7, 11) is 0. The minimum atomic E-state index is -1.18. The van der Waals surface area contributed by atoms with Gasteiger partial charge in [0.15, 0.2) is 18.3 Å². The van der Waals surface area contributed by atoms with Crippen molar-refractivity contribution in [2.75, 3.05) is 17.2 Å². The summed E-state index contributed by atoms with van der Waals surface area (Å²) in [6.07, 6.45) is -1.18. The van der Waals surface area contributed by atoms with Crippen LogP contribution in [-0.4, -0.2) is 30.4 Å². The summed E-state index contributed by atoms with van der Waals surface area (Å²) in [5.74, 6) is -2.13. The molecule has 28 heavy (non-hydrogen) atoms. The average Bonchev–Trinajstić information content (AvgIpc) is 3.28. The molecule has 1 aliphatic heterocycles. The monoisotopic (exact) mass is 397 g/mol. The van der Waals surface area contributed by atoms with E-state index in [2.05, 4.69) is 10.6 Å². The number of amides is 1. The van der Waals surface area contributed by atoms with Crippen LogP contribution in [0.5, 0.6) is 0 Å². The second kappa shape index (κ2) is 8.37. The third kappa shape index (κ3) is 4.19. The molecule has 0 saturated heterocycles. The lowest BCUT2D eigenvalue weighted by molar-refractivity contribution is -0.150. The van der Waals surface area contributed by atoms with Gasteiger partial charge in [0.2, 0.25) is 11.7 Å². The maximum Gasteiger partial charge on any atom is 0.348 e. The number of ether oxygens (including phenoxy) is 2. The van der Waals surface area contributed by atoms with E-state index in [0.29, 0.717) is 16.3 Å². The van der Waals surface area contributed by atoms with Crippen LogP contribution in [-0.2, 0) is 23.9 Å². The Morgan fingerprint density at radius 2 is 2.04 bits per heavy atom. The minimum Gasteiger partial charge on any atom is -0.470 e. The molecule has 1 aromatic carbocycles. The fourth-order valence-corrected chi connectivity index (χ4v) is 3.09. The predicted molar refractivity (Wildman–Crippen MR) is 101 cm³/mol. The number of thiophene rings is 1. The Morgan fingerprint density at radius 1 is 1.29 bits per heavy atom. The number of hydrogen-bond acceptors (Lipinski definition) is 8. The molecule has 2 N–H and O–H groups in total. The van der Waals surface area contributed by atoms with Gasteiger partial charge in [0, 0.05) is 5.69 Å². The summed E-state index contributed by atoms with van der Waals surface area (Å²) in [6.45, 7) is 1.08. The van der Waals surface area contributed by atoms with Crippen molar-refractivity contribution >= 4 is 39.7 Å². The Balaban J connectivity index is 1.69. The largest absolute Gasteiger partial charge is 0.470 e. The van der Waals surface area contributed by atoms with Crippen molar-refractivity contribution in [3.63, 3.8) is 0 Å². The van der Waals surface area contributed by atoms with Gasteiger partial charge in [0.05, 0.1) is 5.56 Å². The Hall–Kier alpha value is -3.64. The van der Waals surface area contributed by atoms with Gasteiger partial charge in [-0.3, -0.25) is 9.59 Å². The summed E-state index contributed by atoms with van der Waals surface area (Å²) in [4.78, 5) is 36.7. The molecule has 0 unspecified atom stereocenters. The molecule has 1 aliphatic rings. The van der Waals surface area contributed by atoms with Gasteiger partial charge < -0.3 is 20.1 Å². The van der Waals surface area contributed by atoms with Crippen molar-refractivity contribution in [3.8, 4) is 6.07 Å². The van der Waals surface area contributed by atoms with Crippen molar-refractivity contribution in [1.82, 2.24) is 0 Å². The second-order valence-corrected chi connectivity index (χ2v) is 6.64. The SMILES string of the molecule is C[C@H](OC(=O)C1=C(Nc2ccccc2)OCC1=O)C(=O)Nc1sccc1C#N. The number of anilines is 2. The molecular formula is C19H15N3O5S. The molecule has 0 bridgehead atoms. The smallest absolute Gasteiger partial charge is 0.348 e. The summed E-state index contributed by atoms with van der Waals surface area (Å²) in [5, 5.41) is 16.4. The number of hydrogen-bond donors (Lipinski definition) is 2. The summed E-state index contributed by atoms with van der Waals surface area (Å²) >= 11 is 1.18. The van der Waals surface area contributed by atoms with E-state index in [0.717, 1.165) is 0 Å². The van der Waals surface area contributed by atoms with Crippen LogP contribution in [0.4, 0.5) is 10.7 Å². The maximum absolute atomic E-state index is 12.4. The average molecular weight is 397 g/mol. The molecule has 3 rings (SSSR count). The van der Waals surface area contributed by atoms with Crippen molar-refractivity contribution < 1.29 is 23.9 Å². The van der Waals surface area contributed by atoms with E-state index >= 15 is 0 Å². The number of esters is 1. The number of carbonyl (C=O) groups excluding carboxylic acids is 3. The van der Waals surface area contributed by atoms with Gasteiger partial charge >= 0.3 is 5.97 Å². The van der Waals surface area contributed by atoms with Crippen LogP contribution < -0.4 is 10.6 Å². The van der Waals surface area contributed by atoms with Crippen molar-refractivity contribution in [3.05, 3.63) is 58.8 Å². The molecule has 0 fully saturated rings. The van der Waals surface area contributed by atoms with Gasteiger partial charge in [-0.15, -0.1) is 11.3 Å². The molecule has 0 saturated carbocycles. The number of nitriles is 1. The van der Waals surface area contributed by atoms with E-state index in [4.69, 9.17) is 14.7 Å². The lowest BCUT2D eigenvalue weighted by atomic mass is 10.2. The third-order valence-corrected chi connectivity index (χ3v) is 4.59. The number of rotatable bonds is 6. The molecule has 0 spiro atoms. The van der Waals surface area contributed by atoms with Crippen LogP contribution in [0.1, 0.15) is 12.5 Å². The van der Waals surface area contributed by atoms with Crippen LogP contribution in [0.15, 0.2) is 53.2 Å². The van der Waals surface area contributed by atoms with Gasteiger partial charge in [-0.05, 0) is 30.5 Å². The van der Waals surface area contributed by atoms with Gasteiger partial charge in [0.1, 0.15) is 11.1 Å². The first-order valence-corrected chi connectivity index (χ1v) is 9.09. The molecule has 2 aromatic rings. The van der Waals surface area contributed by atoms with E-state index < -0.39 is 23.8 Å². The quantitative estimate of drug-likeness (QED) is 0.568. The van der Waals surface area contributed by atoms with Crippen molar-refractivity contribution in [2.24, 2.45) is 0 Å². The van der Waals surface area contributed by atoms with Crippen molar-refractivity contribution in [1.29, 1.82) is 5.26 Å². The first kappa shape index (κ1) is 19.1. The Labute approximate surface area is 164 Å². The molecule has 0 radical (unpaired) electrons. The Morgan fingerprint density at radius 3 is 2.75 bits per heavy atom. The molecule has 9 heteroatoms. The predicted octanol–water partition coefficient (Wildman–Crippen LogP) is 2.41. The van der Waals surface area contributed by atoms with E-state index in [9.17, 15) is 14.4 Å². The van der Waals surface area contributed by atoms with Crippen LogP contribution >= 0.6 is 11.3 Å². The van der Waals surface area contributed by atoms with Gasteiger partial charge in [0.25, 0.3) is 5.91 Å². The number of ketones is 1. The second-order valence-electron chi connectivity index (χ2n) is 5.72. The van der Waals surface area contributed by atoms with Crippen LogP contribution in [0.2, 0.25) is 0 Å². The van der Waals surface area contributed by atoms with E-state index in [1.165, 1.54) is 18.3 Å².